The van der Waals surface area contributed by atoms with E-state index in [1.807, 2.05) is 30.3 Å². The molecule has 6 heteroatoms. The average Bonchev–Trinajstić information content (AvgIpc) is 2.96. The van der Waals surface area contributed by atoms with Gasteiger partial charge in [0.15, 0.2) is 0 Å². The lowest BCUT2D eigenvalue weighted by molar-refractivity contribution is 0.0951. The highest BCUT2D eigenvalue weighted by Crippen LogP contribution is 2.26. The van der Waals surface area contributed by atoms with Crippen LogP contribution in [0.15, 0.2) is 85.2 Å². The van der Waals surface area contributed by atoms with E-state index < -0.39 is 0 Å². The normalized spacial score (nSPS) is 14.9. The van der Waals surface area contributed by atoms with E-state index in [9.17, 15) is 4.79 Å². The van der Waals surface area contributed by atoms with E-state index in [4.69, 9.17) is 4.74 Å². The van der Waals surface area contributed by atoms with Gasteiger partial charge in [-0.3, -0.25) is 9.78 Å². The van der Waals surface area contributed by atoms with E-state index in [-0.39, 0.29) is 11.9 Å². The number of carbonyl (C=O) groups is 1. The molecule has 1 fully saturated rings. The van der Waals surface area contributed by atoms with Crippen LogP contribution < -0.4 is 20.3 Å². The van der Waals surface area contributed by atoms with Crippen molar-refractivity contribution in [3.05, 3.63) is 102 Å². The highest BCUT2D eigenvalue weighted by Gasteiger charge is 2.21. The van der Waals surface area contributed by atoms with Crippen molar-refractivity contribution < 1.29 is 9.53 Å². The van der Waals surface area contributed by atoms with E-state index in [0.29, 0.717) is 18.2 Å². The van der Waals surface area contributed by atoms with Crippen LogP contribution in [0.25, 0.3) is 10.8 Å². The number of anilines is 1. The number of nitrogens with zero attached hydrogens (tertiary/aromatic N) is 2. The Morgan fingerprint density at radius 1 is 1.03 bits per heavy atom. The molecule has 1 saturated heterocycles. The van der Waals surface area contributed by atoms with Gasteiger partial charge in [0.1, 0.15) is 5.75 Å². The number of carbonyl (C=O) groups excluding carboxylic acids is 1. The first-order valence-electron chi connectivity index (χ1n) is 12.9. The van der Waals surface area contributed by atoms with Gasteiger partial charge in [-0.2, -0.15) is 0 Å². The highest BCUT2D eigenvalue weighted by atomic mass is 16.5. The molecular weight excluding hydrogens is 460 g/mol. The molecule has 5 rings (SSSR count). The number of benzene rings is 3. The quantitative estimate of drug-likeness (QED) is 0.339. The van der Waals surface area contributed by atoms with Gasteiger partial charge in [0.25, 0.3) is 5.91 Å². The molecule has 1 aliphatic heterocycles. The number of rotatable bonds is 8. The largest absolute Gasteiger partial charge is 0.497 e. The number of methoxy groups -OCH3 is 1. The standard InChI is InChI=1S/C31H34N4O2/c1-22(25-5-6-27-19-30(37-2)12-9-26(27)18-25)34-28-13-16-35(17-14-28)29-10-7-24(8-11-29)31(36)33-21-23-4-3-15-32-20-23/h3-12,15,18-20,22,28,34H,13-14,16-17,21H2,1-2H3,(H,33,36)/t22-/m1/s1. The molecule has 1 atom stereocenters. The van der Waals surface area contributed by atoms with Crippen LogP contribution in [0, 0.1) is 0 Å². The van der Waals surface area contributed by atoms with Gasteiger partial charge in [-0.25, -0.2) is 0 Å². The predicted octanol–water partition coefficient (Wildman–Crippen LogP) is 5.49. The summed E-state index contributed by atoms with van der Waals surface area (Å²) in [6.45, 7) is 4.71. The second-order valence-corrected chi connectivity index (χ2v) is 9.71. The molecule has 1 aromatic heterocycles. The molecule has 3 aromatic carbocycles. The number of hydrogen-bond acceptors (Lipinski definition) is 5. The van der Waals surface area contributed by atoms with E-state index in [2.05, 4.69) is 69.9 Å². The van der Waals surface area contributed by atoms with Crippen LogP contribution in [0.2, 0.25) is 0 Å². The maximum atomic E-state index is 12.5. The average molecular weight is 495 g/mol. The maximum Gasteiger partial charge on any atom is 0.251 e. The Kier molecular flexibility index (Phi) is 7.66. The van der Waals surface area contributed by atoms with Crippen molar-refractivity contribution in [1.29, 1.82) is 0 Å². The molecule has 1 amide bonds. The Morgan fingerprint density at radius 2 is 1.78 bits per heavy atom. The van der Waals surface area contributed by atoms with Gasteiger partial charge >= 0.3 is 0 Å². The van der Waals surface area contributed by atoms with E-state index in [0.717, 1.165) is 37.2 Å². The van der Waals surface area contributed by atoms with Gasteiger partial charge in [0.2, 0.25) is 0 Å². The Labute approximate surface area is 218 Å². The number of pyridine rings is 1. The number of aromatic nitrogens is 1. The Balaban J connectivity index is 1.12. The molecule has 2 heterocycles. The van der Waals surface area contributed by atoms with E-state index in [1.54, 1.807) is 19.5 Å². The first kappa shape index (κ1) is 24.8. The van der Waals surface area contributed by atoms with Crippen LogP contribution in [0.4, 0.5) is 5.69 Å². The van der Waals surface area contributed by atoms with Crippen molar-refractivity contribution in [1.82, 2.24) is 15.6 Å². The molecule has 0 aliphatic carbocycles. The zero-order valence-electron chi connectivity index (χ0n) is 21.5. The summed E-state index contributed by atoms with van der Waals surface area (Å²) < 4.78 is 5.35. The molecule has 0 saturated carbocycles. The van der Waals surface area contributed by atoms with Crippen molar-refractivity contribution in [2.45, 2.75) is 38.4 Å². The summed E-state index contributed by atoms with van der Waals surface area (Å²) in [5.74, 6) is 0.817. The molecule has 0 bridgehead atoms. The van der Waals surface area contributed by atoms with Gasteiger partial charge < -0.3 is 20.3 Å². The number of ether oxygens (including phenoxy) is 1. The lowest BCUT2D eigenvalue weighted by Crippen LogP contribution is -2.43. The Hall–Kier alpha value is -3.90. The molecular formula is C31H34N4O2. The summed E-state index contributed by atoms with van der Waals surface area (Å²) in [7, 11) is 1.70. The summed E-state index contributed by atoms with van der Waals surface area (Å²) in [5.41, 5.74) is 4.13. The lowest BCUT2D eigenvalue weighted by atomic mass is 9.99. The van der Waals surface area contributed by atoms with Gasteiger partial charge in [-0.1, -0.05) is 24.3 Å². The molecule has 2 N–H and O–H groups in total. The summed E-state index contributed by atoms with van der Waals surface area (Å²) >= 11 is 0. The minimum Gasteiger partial charge on any atom is -0.497 e. The zero-order valence-corrected chi connectivity index (χ0v) is 21.5. The molecule has 4 aromatic rings. The molecule has 190 valence electrons. The number of piperidine rings is 1. The topological polar surface area (TPSA) is 66.5 Å². The predicted molar refractivity (Wildman–Crippen MR) is 149 cm³/mol. The molecule has 0 unspecified atom stereocenters. The molecule has 37 heavy (non-hydrogen) atoms. The third kappa shape index (κ3) is 6.09. The summed E-state index contributed by atoms with van der Waals surface area (Å²) in [4.78, 5) is 19.0. The van der Waals surface area contributed by atoms with Crippen molar-refractivity contribution >= 4 is 22.4 Å². The van der Waals surface area contributed by atoms with Crippen molar-refractivity contribution in [2.75, 3.05) is 25.1 Å². The number of hydrogen-bond donors (Lipinski definition) is 2. The first-order valence-corrected chi connectivity index (χ1v) is 12.9. The third-order valence-corrected chi connectivity index (χ3v) is 7.22. The van der Waals surface area contributed by atoms with E-state index >= 15 is 0 Å². The lowest BCUT2D eigenvalue weighted by Gasteiger charge is -2.35. The van der Waals surface area contributed by atoms with E-state index in [1.165, 1.54) is 22.0 Å². The van der Waals surface area contributed by atoms with Crippen molar-refractivity contribution in [3.63, 3.8) is 0 Å². The SMILES string of the molecule is COc1ccc2cc([C@@H](C)NC3CCN(c4ccc(C(=O)NCc5cccnc5)cc4)CC3)ccc2c1. The van der Waals surface area contributed by atoms with Crippen LogP contribution in [-0.4, -0.2) is 37.1 Å². The Bertz CT molecular complexity index is 1330. The molecule has 1 aliphatic rings. The number of fused-ring (bicyclic) bond motifs is 1. The van der Waals surface area contributed by atoms with Gasteiger partial charge in [-0.15, -0.1) is 0 Å². The van der Waals surface area contributed by atoms with Crippen LogP contribution in [0.3, 0.4) is 0 Å². The second kappa shape index (κ2) is 11.4. The van der Waals surface area contributed by atoms with Crippen LogP contribution in [0.1, 0.15) is 47.3 Å². The van der Waals surface area contributed by atoms with Gasteiger partial charge in [-0.05, 0) is 90.2 Å². The zero-order chi connectivity index (χ0) is 25.6. The smallest absolute Gasteiger partial charge is 0.251 e. The minimum absolute atomic E-state index is 0.0693. The molecule has 0 spiro atoms. The monoisotopic (exact) mass is 494 g/mol. The summed E-state index contributed by atoms with van der Waals surface area (Å²) in [6.07, 6.45) is 5.67. The summed E-state index contributed by atoms with van der Waals surface area (Å²) in [6, 6.07) is 25.4. The first-order chi connectivity index (χ1) is 18.1. The third-order valence-electron chi connectivity index (χ3n) is 7.22. The fraction of sp³-hybridized carbons (Fsp3) is 0.290. The maximum absolute atomic E-state index is 12.5. The van der Waals surface area contributed by atoms with Crippen LogP contribution in [0.5, 0.6) is 5.75 Å². The van der Waals surface area contributed by atoms with Crippen molar-refractivity contribution in [3.8, 4) is 5.75 Å². The highest BCUT2D eigenvalue weighted by molar-refractivity contribution is 5.94. The van der Waals surface area contributed by atoms with Gasteiger partial charge in [0, 0.05) is 55.4 Å². The minimum atomic E-state index is -0.0693. The van der Waals surface area contributed by atoms with Crippen molar-refractivity contribution in [2.24, 2.45) is 0 Å². The number of nitrogens with one attached hydrogen (secondary N) is 2. The fourth-order valence-corrected chi connectivity index (χ4v) is 5.00. The molecule has 0 radical (unpaired) electrons. The fourth-order valence-electron chi connectivity index (χ4n) is 5.00. The number of amides is 1. The van der Waals surface area contributed by atoms with Crippen LogP contribution >= 0.6 is 0 Å². The molecule has 6 nitrogen and oxygen atoms in total. The summed E-state index contributed by atoms with van der Waals surface area (Å²) in [5, 5.41) is 9.22. The second-order valence-electron chi connectivity index (χ2n) is 9.71. The van der Waals surface area contributed by atoms with Gasteiger partial charge in [0.05, 0.1) is 7.11 Å². The van der Waals surface area contributed by atoms with Crippen LogP contribution in [-0.2, 0) is 6.54 Å². The Morgan fingerprint density at radius 3 is 2.51 bits per heavy atom.